The predicted molar refractivity (Wildman–Crippen MR) is 56.1 cm³/mol. The maximum absolute atomic E-state index is 5.58. The second kappa shape index (κ2) is 4.47. The Morgan fingerprint density at radius 1 is 0.929 bits per heavy atom. The summed E-state index contributed by atoms with van der Waals surface area (Å²) in [5, 5.41) is 0. The second-order valence-corrected chi connectivity index (χ2v) is 3.01. The summed E-state index contributed by atoms with van der Waals surface area (Å²) in [5.41, 5.74) is 1.16. The maximum atomic E-state index is 5.58. The molecule has 2 aromatic carbocycles. The second-order valence-electron chi connectivity index (χ2n) is 3.01. The Morgan fingerprint density at radius 2 is 1.64 bits per heavy atom. The largest absolute Gasteiger partial charge is 0.489 e. The number of hydrogen-bond acceptors (Lipinski definition) is 1. The van der Waals surface area contributed by atoms with Gasteiger partial charge in [-0.15, -0.1) is 0 Å². The van der Waals surface area contributed by atoms with Gasteiger partial charge >= 0.3 is 0 Å². The van der Waals surface area contributed by atoms with Gasteiger partial charge in [-0.25, -0.2) is 0 Å². The van der Waals surface area contributed by atoms with Crippen molar-refractivity contribution in [2.24, 2.45) is 0 Å². The Kier molecular flexibility index (Phi) is 2.82. The Labute approximate surface area is 84.0 Å². The minimum absolute atomic E-state index is 0.610. The summed E-state index contributed by atoms with van der Waals surface area (Å²) >= 11 is 0. The van der Waals surface area contributed by atoms with Crippen LogP contribution in [-0.4, -0.2) is 0 Å². The highest BCUT2D eigenvalue weighted by Gasteiger charge is 1.92. The molecule has 0 aromatic heterocycles. The van der Waals surface area contributed by atoms with Crippen molar-refractivity contribution in [3.63, 3.8) is 0 Å². The molecule has 14 heavy (non-hydrogen) atoms. The van der Waals surface area contributed by atoms with E-state index in [1.54, 1.807) is 0 Å². The van der Waals surface area contributed by atoms with E-state index in [0.717, 1.165) is 11.3 Å². The van der Waals surface area contributed by atoms with Crippen LogP contribution in [0.25, 0.3) is 0 Å². The van der Waals surface area contributed by atoms with Crippen LogP contribution in [0.1, 0.15) is 5.56 Å². The Morgan fingerprint density at radius 3 is 2.36 bits per heavy atom. The molecule has 2 aromatic rings. The number of hydrogen-bond donors (Lipinski definition) is 0. The molecule has 2 rings (SSSR count). The van der Waals surface area contributed by atoms with Crippen molar-refractivity contribution in [2.45, 2.75) is 6.61 Å². The number of para-hydroxylation sites is 1. The lowest BCUT2D eigenvalue weighted by molar-refractivity contribution is 0.306. The molecule has 0 spiro atoms. The van der Waals surface area contributed by atoms with Crippen LogP contribution < -0.4 is 4.74 Å². The first-order chi connectivity index (χ1) is 6.95. The molecule has 0 bridgehead atoms. The molecule has 0 unspecified atom stereocenters. The van der Waals surface area contributed by atoms with Gasteiger partial charge in [0.15, 0.2) is 0 Å². The van der Waals surface area contributed by atoms with Crippen molar-refractivity contribution < 1.29 is 4.74 Å². The first-order valence-electron chi connectivity index (χ1n) is 4.58. The van der Waals surface area contributed by atoms with Crippen molar-refractivity contribution in [3.05, 3.63) is 66.2 Å². The van der Waals surface area contributed by atoms with Crippen LogP contribution in [0.2, 0.25) is 0 Å². The van der Waals surface area contributed by atoms with Gasteiger partial charge in [-0.2, -0.15) is 0 Å². The molecule has 0 N–H and O–H groups in total. The first-order valence-corrected chi connectivity index (χ1v) is 4.58. The summed E-state index contributed by atoms with van der Waals surface area (Å²) < 4.78 is 5.58. The van der Waals surface area contributed by atoms with Crippen molar-refractivity contribution in [3.8, 4) is 5.75 Å². The molecular formula is C13H11O. The van der Waals surface area contributed by atoms with E-state index in [4.69, 9.17) is 4.74 Å². The van der Waals surface area contributed by atoms with Crippen LogP contribution in [0.5, 0.6) is 5.75 Å². The minimum Gasteiger partial charge on any atom is -0.489 e. The predicted octanol–water partition coefficient (Wildman–Crippen LogP) is 3.07. The lowest BCUT2D eigenvalue weighted by Crippen LogP contribution is -1.94. The summed E-state index contributed by atoms with van der Waals surface area (Å²) in [6.07, 6.45) is 0. The Hall–Kier alpha value is -1.76. The number of benzene rings is 2. The third kappa shape index (κ3) is 2.36. The molecule has 0 atom stereocenters. The maximum Gasteiger partial charge on any atom is 0.119 e. The van der Waals surface area contributed by atoms with E-state index < -0.39 is 0 Å². The van der Waals surface area contributed by atoms with Gasteiger partial charge < -0.3 is 4.74 Å². The summed E-state index contributed by atoms with van der Waals surface area (Å²) in [4.78, 5) is 0. The third-order valence-corrected chi connectivity index (χ3v) is 1.94. The molecule has 0 saturated heterocycles. The number of ether oxygens (including phenoxy) is 1. The fourth-order valence-electron chi connectivity index (χ4n) is 1.20. The number of rotatable bonds is 3. The summed E-state index contributed by atoms with van der Waals surface area (Å²) in [6, 6.07) is 20.6. The molecule has 0 aliphatic rings. The average Bonchev–Trinajstić information content (AvgIpc) is 2.29. The smallest absolute Gasteiger partial charge is 0.119 e. The molecule has 0 aliphatic heterocycles. The normalized spacial score (nSPS) is 9.71. The van der Waals surface area contributed by atoms with Crippen LogP contribution in [0.15, 0.2) is 54.6 Å². The van der Waals surface area contributed by atoms with Gasteiger partial charge in [0.05, 0.1) is 0 Å². The van der Waals surface area contributed by atoms with Crippen molar-refractivity contribution in [1.29, 1.82) is 0 Å². The van der Waals surface area contributed by atoms with E-state index >= 15 is 0 Å². The van der Waals surface area contributed by atoms with E-state index in [2.05, 4.69) is 6.07 Å². The van der Waals surface area contributed by atoms with Crippen LogP contribution in [0.3, 0.4) is 0 Å². The lowest BCUT2D eigenvalue weighted by Gasteiger charge is -2.04. The Balaban J connectivity index is 1.96. The van der Waals surface area contributed by atoms with Gasteiger partial charge in [0, 0.05) is 0 Å². The van der Waals surface area contributed by atoms with E-state index in [1.807, 2.05) is 54.6 Å². The quantitative estimate of drug-likeness (QED) is 0.710. The lowest BCUT2D eigenvalue weighted by atomic mass is 10.2. The molecule has 69 valence electrons. The van der Waals surface area contributed by atoms with Crippen LogP contribution in [0, 0.1) is 6.07 Å². The topological polar surface area (TPSA) is 9.23 Å². The van der Waals surface area contributed by atoms with Gasteiger partial charge in [0.2, 0.25) is 0 Å². The van der Waals surface area contributed by atoms with Crippen molar-refractivity contribution in [2.75, 3.05) is 0 Å². The minimum atomic E-state index is 0.610. The van der Waals surface area contributed by atoms with Crippen molar-refractivity contribution >= 4 is 0 Å². The summed E-state index contributed by atoms with van der Waals surface area (Å²) in [5.74, 6) is 0.903. The van der Waals surface area contributed by atoms with Crippen LogP contribution >= 0.6 is 0 Å². The van der Waals surface area contributed by atoms with Crippen molar-refractivity contribution in [1.82, 2.24) is 0 Å². The molecule has 1 radical (unpaired) electrons. The average molecular weight is 183 g/mol. The molecule has 1 heteroatoms. The van der Waals surface area contributed by atoms with Crippen LogP contribution in [0.4, 0.5) is 0 Å². The SMILES string of the molecule is [c]1ccc(COc2ccccc2)cc1. The highest BCUT2D eigenvalue weighted by atomic mass is 16.5. The summed E-state index contributed by atoms with van der Waals surface area (Å²) in [6.45, 7) is 0.610. The summed E-state index contributed by atoms with van der Waals surface area (Å²) in [7, 11) is 0. The van der Waals surface area contributed by atoms with Crippen LogP contribution in [-0.2, 0) is 6.61 Å². The zero-order valence-corrected chi connectivity index (χ0v) is 7.81. The van der Waals surface area contributed by atoms with E-state index in [0.29, 0.717) is 6.61 Å². The van der Waals surface area contributed by atoms with Gasteiger partial charge in [-0.1, -0.05) is 42.5 Å². The van der Waals surface area contributed by atoms with E-state index in [1.165, 1.54) is 0 Å². The molecule has 0 aliphatic carbocycles. The Bertz CT molecular complexity index is 327. The fraction of sp³-hybridized carbons (Fsp3) is 0.0769. The van der Waals surface area contributed by atoms with Gasteiger partial charge in [-0.3, -0.25) is 0 Å². The van der Waals surface area contributed by atoms with E-state index in [9.17, 15) is 0 Å². The first kappa shape index (κ1) is 8.82. The highest BCUT2D eigenvalue weighted by Crippen LogP contribution is 2.10. The highest BCUT2D eigenvalue weighted by molar-refractivity contribution is 5.22. The zero-order chi connectivity index (χ0) is 9.64. The molecule has 0 heterocycles. The molecule has 0 saturated carbocycles. The fourth-order valence-corrected chi connectivity index (χ4v) is 1.20. The molecule has 0 fully saturated rings. The van der Waals surface area contributed by atoms with Gasteiger partial charge in [0.25, 0.3) is 0 Å². The van der Waals surface area contributed by atoms with Gasteiger partial charge in [0.1, 0.15) is 12.4 Å². The van der Waals surface area contributed by atoms with Gasteiger partial charge in [-0.05, 0) is 23.8 Å². The van der Waals surface area contributed by atoms with E-state index in [-0.39, 0.29) is 0 Å². The standard InChI is InChI=1S/C13H11O/c1-3-7-12(8-4-1)11-14-13-9-5-2-6-10-13/h2-10H,11H2. The molecule has 0 amide bonds. The molecular weight excluding hydrogens is 172 g/mol. The zero-order valence-electron chi connectivity index (χ0n) is 7.81. The third-order valence-electron chi connectivity index (χ3n) is 1.94. The molecule has 1 nitrogen and oxygen atoms in total. The monoisotopic (exact) mass is 183 g/mol.